The Morgan fingerprint density at radius 2 is 1.86 bits per heavy atom. The lowest BCUT2D eigenvalue weighted by atomic mass is 9.94. The molecule has 3 saturated heterocycles. The summed E-state index contributed by atoms with van der Waals surface area (Å²) in [5.41, 5.74) is 0. The fraction of sp³-hybridized carbons (Fsp3) is 0.833. The second-order valence-corrected chi connectivity index (χ2v) is 8.02. The van der Waals surface area contributed by atoms with Crippen LogP contribution in [0.25, 0.3) is 0 Å². The van der Waals surface area contributed by atoms with E-state index in [1.165, 1.54) is 0 Å². The third-order valence-corrected chi connectivity index (χ3v) is 6.15. The van der Waals surface area contributed by atoms with Crippen LogP contribution in [0.4, 0.5) is 0 Å². The number of carbonyl (C=O) groups is 1. The van der Waals surface area contributed by atoms with Gasteiger partial charge in [0.05, 0.1) is 18.6 Å². The Morgan fingerprint density at radius 1 is 1.14 bits per heavy atom. The van der Waals surface area contributed by atoms with Crippen LogP contribution in [0.3, 0.4) is 0 Å². The van der Waals surface area contributed by atoms with Crippen LogP contribution in [-0.4, -0.2) is 81.0 Å². The van der Waals surface area contributed by atoms with E-state index in [4.69, 9.17) is 0 Å². The van der Waals surface area contributed by atoms with Gasteiger partial charge in [-0.1, -0.05) is 0 Å². The van der Waals surface area contributed by atoms with E-state index < -0.39 is 0 Å². The SMILES string of the molecule is Cl.Cl.Cn1c(CN2CCC(O)CC2)nnc1C1CCCN(C(=O)C2CNC2)C1. The lowest BCUT2D eigenvalue weighted by molar-refractivity contribution is -0.138. The average Bonchev–Trinajstić information content (AvgIpc) is 2.96. The Bertz CT molecular complexity index is 646. The molecule has 0 bridgehead atoms. The predicted octanol–water partition coefficient (Wildman–Crippen LogP) is 0.541. The van der Waals surface area contributed by atoms with Gasteiger partial charge in [-0.15, -0.1) is 35.0 Å². The number of carbonyl (C=O) groups excluding carboxylic acids is 1. The van der Waals surface area contributed by atoms with Gasteiger partial charge in [-0.25, -0.2) is 0 Å². The third kappa shape index (κ3) is 4.97. The first kappa shape index (κ1) is 23.3. The quantitative estimate of drug-likeness (QED) is 0.718. The van der Waals surface area contributed by atoms with Crippen molar-refractivity contribution in [2.75, 3.05) is 39.3 Å². The number of rotatable bonds is 4. The molecule has 10 heteroatoms. The van der Waals surface area contributed by atoms with E-state index >= 15 is 0 Å². The van der Waals surface area contributed by atoms with Crippen molar-refractivity contribution >= 4 is 30.7 Å². The first-order valence-electron chi connectivity index (χ1n) is 9.90. The molecule has 3 aliphatic heterocycles. The molecule has 28 heavy (non-hydrogen) atoms. The van der Waals surface area contributed by atoms with Crippen LogP contribution in [0, 0.1) is 5.92 Å². The van der Waals surface area contributed by atoms with Crippen LogP contribution in [0.15, 0.2) is 0 Å². The molecule has 1 aromatic heterocycles. The highest BCUT2D eigenvalue weighted by molar-refractivity contribution is 5.85. The van der Waals surface area contributed by atoms with Gasteiger partial charge in [0.1, 0.15) is 11.6 Å². The van der Waals surface area contributed by atoms with Gasteiger partial charge < -0.3 is 19.9 Å². The number of nitrogens with zero attached hydrogens (tertiary/aromatic N) is 5. The van der Waals surface area contributed by atoms with Gasteiger partial charge in [0.2, 0.25) is 5.91 Å². The molecule has 160 valence electrons. The molecule has 2 N–H and O–H groups in total. The highest BCUT2D eigenvalue weighted by Gasteiger charge is 2.34. The Kier molecular flexibility index (Phi) is 8.51. The monoisotopic (exact) mass is 434 g/mol. The maximum atomic E-state index is 12.6. The van der Waals surface area contributed by atoms with Gasteiger partial charge in [0.25, 0.3) is 0 Å². The summed E-state index contributed by atoms with van der Waals surface area (Å²) >= 11 is 0. The summed E-state index contributed by atoms with van der Waals surface area (Å²) in [6.07, 6.45) is 3.61. The number of piperidine rings is 2. The molecule has 8 nitrogen and oxygen atoms in total. The zero-order chi connectivity index (χ0) is 18.1. The molecule has 0 saturated carbocycles. The van der Waals surface area contributed by atoms with Gasteiger partial charge in [0, 0.05) is 52.2 Å². The van der Waals surface area contributed by atoms with Gasteiger partial charge in [-0.05, 0) is 25.7 Å². The molecule has 4 rings (SSSR count). The molecule has 4 heterocycles. The fourth-order valence-corrected chi connectivity index (χ4v) is 4.26. The van der Waals surface area contributed by atoms with Crippen LogP contribution in [0.5, 0.6) is 0 Å². The molecule has 3 aliphatic rings. The lowest BCUT2D eigenvalue weighted by Crippen LogP contribution is -2.53. The molecule has 0 aliphatic carbocycles. The summed E-state index contributed by atoms with van der Waals surface area (Å²) in [5, 5.41) is 21.8. The fourth-order valence-electron chi connectivity index (χ4n) is 4.26. The highest BCUT2D eigenvalue weighted by atomic mass is 35.5. The number of halogens is 2. The number of hydrogen-bond donors (Lipinski definition) is 2. The Labute approximate surface area is 178 Å². The van der Waals surface area contributed by atoms with Gasteiger partial charge in [-0.2, -0.15) is 0 Å². The summed E-state index contributed by atoms with van der Waals surface area (Å²) in [6, 6.07) is 0. The molecular formula is C18H32Cl2N6O2. The zero-order valence-corrected chi connectivity index (χ0v) is 18.1. The Hall–Kier alpha value is -0.930. The van der Waals surface area contributed by atoms with Crippen LogP contribution < -0.4 is 5.32 Å². The van der Waals surface area contributed by atoms with Crippen molar-refractivity contribution in [1.29, 1.82) is 0 Å². The maximum absolute atomic E-state index is 12.6. The first-order chi connectivity index (χ1) is 12.6. The summed E-state index contributed by atoms with van der Waals surface area (Å²) in [7, 11) is 2.04. The molecule has 1 aromatic rings. The van der Waals surface area contributed by atoms with Crippen molar-refractivity contribution in [1.82, 2.24) is 29.9 Å². The van der Waals surface area contributed by atoms with Gasteiger partial charge in [0.15, 0.2) is 0 Å². The number of nitrogens with one attached hydrogen (secondary N) is 1. The normalized spacial score (nSPS) is 24.2. The summed E-state index contributed by atoms with van der Waals surface area (Å²) in [4.78, 5) is 16.9. The van der Waals surface area contributed by atoms with Crippen LogP contribution >= 0.6 is 24.8 Å². The van der Waals surface area contributed by atoms with Crippen LogP contribution in [0.1, 0.15) is 43.3 Å². The molecule has 1 amide bonds. The van der Waals surface area contributed by atoms with E-state index in [9.17, 15) is 9.90 Å². The van der Waals surface area contributed by atoms with Crippen LogP contribution in [0.2, 0.25) is 0 Å². The number of likely N-dealkylation sites (tertiary alicyclic amines) is 2. The highest BCUT2D eigenvalue weighted by Crippen LogP contribution is 2.27. The largest absolute Gasteiger partial charge is 0.393 e. The maximum Gasteiger partial charge on any atom is 0.228 e. The van der Waals surface area contributed by atoms with E-state index in [0.29, 0.717) is 5.91 Å². The van der Waals surface area contributed by atoms with Crippen molar-refractivity contribution < 1.29 is 9.90 Å². The van der Waals surface area contributed by atoms with Crippen molar-refractivity contribution in [3.63, 3.8) is 0 Å². The van der Waals surface area contributed by atoms with Crippen molar-refractivity contribution in [2.45, 2.75) is 44.2 Å². The average molecular weight is 435 g/mol. The molecule has 0 spiro atoms. The minimum atomic E-state index is -0.155. The van der Waals surface area contributed by atoms with E-state index in [-0.39, 0.29) is 42.8 Å². The number of aliphatic hydroxyl groups is 1. The van der Waals surface area contributed by atoms with Crippen molar-refractivity contribution in [3.8, 4) is 0 Å². The minimum Gasteiger partial charge on any atom is -0.393 e. The second-order valence-electron chi connectivity index (χ2n) is 8.02. The van der Waals surface area contributed by atoms with Crippen LogP contribution in [-0.2, 0) is 18.4 Å². The standard InChI is InChI=1S/C18H30N6O2.2ClH/c1-22-16(12-23-7-4-15(25)5-8-23)20-21-17(22)13-3-2-6-24(11-13)18(26)14-9-19-10-14;;/h13-15,19,25H,2-12H2,1H3;2*1H. The lowest BCUT2D eigenvalue weighted by Gasteiger charge is -2.37. The number of amides is 1. The van der Waals surface area contributed by atoms with E-state index in [1.54, 1.807) is 0 Å². The molecule has 0 aromatic carbocycles. The second kappa shape index (κ2) is 10.2. The van der Waals surface area contributed by atoms with E-state index in [0.717, 1.165) is 83.1 Å². The van der Waals surface area contributed by atoms with Crippen molar-refractivity contribution in [3.05, 3.63) is 11.6 Å². The molecule has 0 radical (unpaired) electrons. The van der Waals surface area contributed by atoms with Gasteiger partial charge >= 0.3 is 0 Å². The number of hydrogen-bond acceptors (Lipinski definition) is 6. The molecule has 3 fully saturated rings. The molecular weight excluding hydrogens is 403 g/mol. The Balaban J connectivity index is 0.00000140. The van der Waals surface area contributed by atoms with Crippen molar-refractivity contribution in [2.24, 2.45) is 13.0 Å². The Morgan fingerprint density at radius 3 is 2.50 bits per heavy atom. The smallest absolute Gasteiger partial charge is 0.228 e. The molecule has 1 unspecified atom stereocenters. The summed E-state index contributed by atoms with van der Waals surface area (Å²) in [5.74, 6) is 2.71. The van der Waals surface area contributed by atoms with Gasteiger partial charge in [-0.3, -0.25) is 9.69 Å². The first-order valence-corrected chi connectivity index (χ1v) is 9.90. The number of aliphatic hydroxyl groups excluding tert-OH is 1. The van der Waals surface area contributed by atoms with E-state index in [1.807, 2.05) is 11.9 Å². The minimum absolute atomic E-state index is 0. The predicted molar refractivity (Wildman–Crippen MR) is 111 cm³/mol. The van der Waals surface area contributed by atoms with E-state index in [2.05, 4.69) is 25.0 Å². The summed E-state index contributed by atoms with van der Waals surface area (Å²) in [6.45, 7) is 5.86. The topological polar surface area (TPSA) is 86.5 Å². The summed E-state index contributed by atoms with van der Waals surface area (Å²) < 4.78 is 2.12. The third-order valence-electron chi connectivity index (χ3n) is 6.15. The zero-order valence-electron chi connectivity index (χ0n) is 16.4. The molecule has 1 atom stereocenters. The number of aromatic nitrogens is 3.